The third-order valence-electron chi connectivity index (χ3n) is 4.27. The van der Waals surface area contributed by atoms with E-state index in [4.69, 9.17) is 0 Å². The molecule has 0 atom stereocenters. The monoisotopic (exact) mass is 465 g/mol. The van der Waals surface area contributed by atoms with Crippen LogP contribution in [-0.2, 0) is 10.0 Å². The molecule has 1 aliphatic heterocycles. The summed E-state index contributed by atoms with van der Waals surface area (Å²) in [5.41, 5.74) is 1.68. The van der Waals surface area contributed by atoms with Crippen LogP contribution in [0.25, 0.3) is 11.4 Å². The van der Waals surface area contributed by atoms with E-state index in [2.05, 4.69) is 35.8 Å². The maximum atomic E-state index is 12.8. The molecule has 1 saturated heterocycles. The van der Waals surface area contributed by atoms with Crippen LogP contribution in [0.2, 0.25) is 0 Å². The van der Waals surface area contributed by atoms with E-state index in [-0.39, 0.29) is 4.90 Å². The minimum atomic E-state index is -3.53. The van der Waals surface area contributed by atoms with Gasteiger partial charge < -0.3 is 4.90 Å². The lowest BCUT2D eigenvalue weighted by molar-refractivity contribution is 0.384. The topological polar surface area (TPSA) is 79.3 Å². The zero-order valence-corrected chi connectivity index (χ0v) is 17.4. The minimum Gasteiger partial charge on any atom is -0.345 e. The molecule has 4 heterocycles. The fraction of sp³-hybridized carbons (Fsp3) is 0.235. The first-order valence-electron chi connectivity index (χ1n) is 8.27. The van der Waals surface area contributed by atoms with E-state index in [0.717, 1.165) is 16.5 Å². The second kappa shape index (κ2) is 7.63. The molecule has 0 spiro atoms. The Kier molecular flexibility index (Phi) is 5.22. The van der Waals surface area contributed by atoms with Crippen LogP contribution in [0.15, 0.2) is 57.6 Å². The number of pyridine rings is 2. The molecule has 0 unspecified atom stereocenters. The smallest absolute Gasteiger partial charge is 0.244 e. The lowest BCUT2D eigenvalue weighted by Crippen LogP contribution is -2.48. The van der Waals surface area contributed by atoms with Crippen molar-refractivity contribution in [1.29, 1.82) is 0 Å². The maximum absolute atomic E-state index is 12.8. The number of sulfonamides is 1. The Labute approximate surface area is 169 Å². The van der Waals surface area contributed by atoms with E-state index in [1.165, 1.54) is 10.5 Å². The molecule has 7 nitrogen and oxygen atoms in total. The van der Waals surface area contributed by atoms with Gasteiger partial charge in [0.05, 0.1) is 5.69 Å². The fourth-order valence-corrected chi connectivity index (χ4v) is 5.30. The normalized spacial score (nSPS) is 15.8. The fourth-order valence-electron chi connectivity index (χ4n) is 2.83. The number of nitrogens with zero attached hydrogens (tertiary/aromatic N) is 5. The van der Waals surface area contributed by atoms with Crippen LogP contribution in [0.5, 0.6) is 0 Å². The number of thiazole rings is 1. The molecule has 4 rings (SSSR count). The van der Waals surface area contributed by atoms with Crippen molar-refractivity contribution in [3.63, 3.8) is 0 Å². The van der Waals surface area contributed by atoms with Crippen LogP contribution in [0, 0.1) is 0 Å². The molecule has 1 aliphatic rings. The Morgan fingerprint density at radius 2 is 1.81 bits per heavy atom. The first-order valence-corrected chi connectivity index (χ1v) is 11.4. The van der Waals surface area contributed by atoms with Crippen molar-refractivity contribution in [2.45, 2.75) is 4.90 Å². The predicted octanol–water partition coefficient (Wildman–Crippen LogP) is 2.87. The quantitative estimate of drug-likeness (QED) is 0.551. The summed E-state index contributed by atoms with van der Waals surface area (Å²) in [6.07, 6.45) is 3.13. The van der Waals surface area contributed by atoms with E-state index in [1.807, 2.05) is 23.6 Å². The van der Waals surface area contributed by atoms with Gasteiger partial charge in [-0.1, -0.05) is 6.07 Å². The van der Waals surface area contributed by atoms with E-state index >= 15 is 0 Å². The molecule has 0 radical (unpaired) electrons. The van der Waals surface area contributed by atoms with Gasteiger partial charge in [-0.15, -0.1) is 11.3 Å². The van der Waals surface area contributed by atoms with Gasteiger partial charge in [-0.25, -0.2) is 18.4 Å². The number of aromatic nitrogens is 3. The van der Waals surface area contributed by atoms with Crippen LogP contribution in [0.3, 0.4) is 0 Å². The SMILES string of the molecule is O=S(=O)(c1ccc(Br)nc1)N1CCN(c2nc(-c3ccccn3)cs2)CC1. The van der Waals surface area contributed by atoms with Gasteiger partial charge in [-0.05, 0) is 40.2 Å². The van der Waals surface area contributed by atoms with Crippen LogP contribution < -0.4 is 4.90 Å². The Balaban J connectivity index is 1.45. The largest absolute Gasteiger partial charge is 0.345 e. The Bertz CT molecular complexity index is 1020. The molecular weight excluding hydrogens is 450 g/mol. The van der Waals surface area contributed by atoms with E-state index < -0.39 is 10.0 Å². The Hall–Kier alpha value is -1.88. The second-order valence-corrected chi connectivity index (χ2v) is 9.53. The number of halogens is 1. The molecule has 3 aromatic heterocycles. The van der Waals surface area contributed by atoms with Crippen molar-refractivity contribution in [1.82, 2.24) is 19.3 Å². The van der Waals surface area contributed by atoms with Crippen LogP contribution in [-0.4, -0.2) is 53.9 Å². The third-order valence-corrected chi connectivity index (χ3v) is 7.52. The summed E-state index contributed by atoms with van der Waals surface area (Å²) in [6.45, 7) is 2.02. The lowest BCUT2D eigenvalue weighted by Gasteiger charge is -2.33. The standard InChI is InChI=1S/C17H16BrN5O2S2/c18-16-5-4-13(11-20-16)27(24,25)23-9-7-22(8-10-23)17-21-15(12-26-17)14-3-1-2-6-19-14/h1-6,11-12H,7-10H2. The molecule has 27 heavy (non-hydrogen) atoms. The Morgan fingerprint density at radius 3 is 2.48 bits per heavy atom. The number of hydrogen-bond acceptors (Lipinski definition) is 7. The molecule has 1 fully saturated rings. The summed E-state index contributed by atoms with van der Waals surface area (Å²) < 4.78 is 27.6. The van der Waals surface area contributed by atoms with Crippen molar-refractivity contribution in [2.24, 2.45) is 0 Å². The van der Waals surface area contributed by atoms with E-state index in [9.17, 15) is 8.42 Å². The number of anilines is 1. The molecule has 0 amide bonds. The van der Waals surface area contributed by atoms with Crippen molar-refractivity contribution >= 4 is 42.4 Å². The highest BCUT2D eigenvalue weighted by Gasteiger charge is 2.29. The van der Waals surface area contributed by atoms with Gasteiger partial charge in [0.1, 0.15) is 15.2 Å². The highest BCUT2D eigenvalue weighted by Crippen LogP contribution is 2.28. The summed E-state index contributed by atoms with van der Waals surface area (Å²) in [5, 5.41) is 2.87. The average Bonchev–Trinajstić information content (AvgIpc) is 3.19. The number of piperazine rings is 1. The zero-order valence-electron chi connectivity index (χ0n) is 14.2. The molecule has 0 saturated carbocycles. The van der Waals surface area contributed by atoms with Crippen molar-refractivity contribution < 1.29 is 8.42 Å². The van der Waals surface area contributed by atoms with Gasteiger partial charge in [0.15, 0.2) is 5.13 Å². The summed E-state index contributed by atoms with van der Waals surface area (Å²) in [4.78, 5) is 15.3. The zero-order chi connectivity index (χ0) is 18.9. The summed E-state index contributed by atoms with van der Waals surface area (Å²) in [5.74, 6) is 0. The van der Waals surface area contributed by atoms with Crippen molar-refractivity contribution in [3.05, 3.63) is 52.7 Å². The third kappa shape index (κ3) is 3.88. The van der Waals surface area contributed by atoms with Crippen LogP contribution >= 0.6 is 27.3 Å². The van der Waals surface area contributed by atoms with E-state index in [1.54, 1.807) is 29.7 Å². The number of hydrogen-bond donors (Lipinski definition) is 0. The average molecular weight is 466 g/mol. The lowest BCUT2D eigenvalue weighted by atomic mass is 10.3. The van der Waals surface area contributed by atoms with Crippen LogP contribution in [0.1, 0.15) is 0 Å². The first kappa shape index (κ1) is 18.5. The first-order chi connectivity index (χ1) is 13.0. The molecule has 10 heteroatoms. The highest BCUT2D eigenvalue weighted by atomic mass is 79.9. The predicted molar refractivity (Wildman–Crippen MR) is 108 cm³/mol. The molecule has 0 N–H and O–H groups in total. The van der Waals surface area contributed by atoms with Gasteiger partial charge in [-0.2, -0.15) is 4.31 Å². The molecule has 0 aromatic carbocycles. The summed E-state index contributed by atoms with van der Waals surface area (Å²) in [7, 11) is -3.53. The second-order valence-electron chi connectivity index (χ2n) is 5.94. The summed E-state index contributed by atoms with van der Waals surface area (Å²) >= 11 is 4.77. The highest BCUT2D eigenvalue weighted by molar-refractivity contribution is 9.10. The van der Waals surface area contributed by atoms with Gasteiger partial charge >= 0.3 is 0 Å². The molecule has 140 valence electrons. The molecular formula is C17H16BrN5O2S2. The number of rotatable bonds is 4. The summed E-state index contributed by atoms with van der Waals surface area (Å²) in [6, 6.07) is 8.94. The maximum Gasteiger partial charge on any atom is 0.244 e. The van der Waals surface area contributed by atoms with Gasteiger partial charge in [0.2, 0.25) is 10.0 Å². The van der Waals surface area contributed by atoms with Gasteiger partial charge in [0.25, 0.3) is 0 Å². The van der Waals surface area contributed by atoms with Gasteiger partial charge in [-0.3, -0.25) is 4.98 Å². The molecule has 0 bridgehead atoms. The molecule has 0 aliphatic carbocycles. The minimum absolute atomic E-state index is 0.214. The van der Waals surface area contributed by atoms with Gasteiger partial charge in [0, 0.05) is 44.0 Å². The van der Waals surface area contributed by atoms with Crippen LogP contribution in [0.4, 0.5) is 5.13 Å². The van der Waals surface area contributed by atoms with Crippen molar-refractivity contribution in [2.75, 3.05) is 31.1 Å². The van der Waals surface area contributed by atoms with Crippen molar-refractivity contribution in [3.8, 4) is 11.4 Å². The molecule has 3 aromatic rings. The Morgan fingerprint density at radius 1 is 1.00 bits per heavy atom. The van der Waals surface area contributed by atoms with E-state index in [0.29, 0.717) is 30.8 Å².